The van der Waals surface area contributed by atoms with Crippen LogP contribution in [0.5, 0.6) is 5.75 Å². The molecule has 0 spiro atoms. The van der Waals surface area contributed by atoms with Gasteiger partial charge in [0.25, 0.3) is 0 Å². The average molecular weight is 472 g/mol. The van der Waals surface area contributed by atoms with Crippen molar-refractivity contribution in [3.8, 4) is 5.75 Å². The summed E-state index contributed by atoms with van der Waals surface area (Å²) >= 11 is 0. The quantitative estimate of drug-likeness (QED) is 0.378. The summed E-state index contributed by atoms with van der Waals surface area (Å²) in [6.07, 6.45) is 0.0857. The van der Waals surface area contributed by atoms with Crippen molar-refractivity contribution in [2.24, 2.45) is 0 Å². The fourth-order valence-electron chi connectivity index (χ4n) is 4.00. The third kappa shape index (κ3) is 5.69. The van der Waals surface area contributed by atoms with Gasteiger partial charge in [-0.2, -0.15) is 0 Å². The minimum absolute atomic E-state index is 0.0857. The Kier molecular flexibility index (Phi) is 7.45. The van der Waals surface area contributed by atoms with E-state index in [0.29, 0.717) is 30.7 Å². The number of hydrogen-bond donors (Lipinski definition) is 1. The van der Waals surface area contributed by atoms with Crippen molar-refractivity contribution in [3.63, 3.8) is 0 Å². The Morgan fingerprint density at radius 1 is 0.829 bits per heavy atom. The average Bonchev–Trinajstić information content (AvgIpc) is 2.87. The second kappa shape index (κ2) is 10.9. The summed E-state index contributed by atoms with van der Waals surface area (Å²) in [6, 6.07) is 22.7. The Labute approximate surface area is 203 Å². The number of aryl methyl sites for hydroxylation is 2. The molecule has 1 amide bonds. The predicted molar refractivity (Wildman–Crippen MR) is 137 cm³/mol. The molecule has 1 heterocycles. The lowest BCUT2D eigenvalue weighted by Crippen LogP contribution is -2.42. The number of aromatic nitrogens is 2. The number of ether oxygens (including phenoxy) is 1. The fourth-order valence-corrected chi connectivity index (χ4v) is 4.00. The first-order valence-corrected chi connectivity index (χ1v) is 11.7. The molecule has 4 rings (SSSR count). The Morgan fingerprint density at radius 2 is 1.43 bits per heavy atom. The fraction of sp³-hybridized carbons (Fsp3) is 0.250. The van der Waals surface area contributed by atoms with Crippen LogP contribution >= 0.6 is 0 Å². The van der Waals surface area contributed by atoms with Crippen LogP contribution in [0.25, 0.3) is 11.0 Å². The molecule has 0 aliphatic heterocycles. The maximum atomic E-state index is 13.0. The first-order chi connectivity index (χ1) is 17.0. The van der Waals surface area contributed by atoms with Gasteiger partial charge in [0, 0.05) is 19.5 Å². The molecule has 0 radical (unpaired) electrons. The molecular formula is C28H29N3O4. The van der Waals surface area contributed by atoms with E-state index in [1.54, 1.807) is 6.07 Å². The van der Waals surface area contributed by atoms with Crippen LogP contribution in [0.15, 0.2) is 82.4 Å². The number of carbonyl (C=O) groups excluding carboxylic acids is 1. The lowest BCUT2D eigenvalue weighted by molar-refractivity contribution is -0.121. The van der Waals surface area contributed by atoms with Gasteiger partial charge in [0.15, 0.2) is 0 Å². The standard InChI is InChI=1S/C28H29N3O4/c1-3-35-23-14-12-21(13-15-23)18-29-26(32)16-17-30-24-6-4-5-7-25(24)31(28(34)27(30)33)19-22-10-8-20(2)9-11-22/h4-15H,3,16-19H2,1-2H3,(H,29,32). The number of nitrogens with one attached hydrogen (secondary N) is 1. The van der Waals surface area contributed by atoms with Crippen molar-refractivity contribution in [2.75, 3.05) is 6.61 Å². The number of amides is 1. The highest BCUT2D eigenvalue weighted by atomic mass is 16.5. The van der Waals surface area contributed by atoms with Gasteiger partial charge < -0.3 is 14.6 Å². The van der Waals surface area contributed by atoms with Crippen LogP contribution in [0.1, 0.15) is 30.0 Å². The van der Waals surface area contributed by atoms with E-state index in [1.165, 1.54) is 9.13 Å². The second-order valence-electron chi connectivity index (χ2n) is 8.43. The maximum absolute atomic E-state index is 13.0. The summed E-state index contributed by atoms with van der Waals surface area (Å²) in [5.41, 5.74) is 3.07. The highest BCUT2D eigenvalue weighted by Crippen LogP contribution is 2.14. The number of rotatable bonds is 9. The van der Waals surface area contributed by atoms with Gasteiger partial charge in [-0.05, 0) is 49.2 Å². The van der Waals surface area contributed by atoms with Crippen molar-refractivity contribution < 1.29 is 9.53 Å². The molecule has 0 aliphatic carbocycles. The maximum Gasteiger partial charge on any atom is 0.317 e. The van der Waals surface area contributed by atoms with E-state index in [0.717, 1.165) is 22.4 Å². The van der Waals surface area contributed by atoms with E-state index in [-0.39, 0.29) is 18.9 Å². The summed E-state index contributed by atoms with van der Waals surface area (Å²) in [4.78, 5) is 38.5. The molecule has 4 aromatic rings. The number of benzene rings is 3. The summed E-state index contributed by atoms with van der Waals surface area (Å²) in [6.45, 7) is 5.32. The molecule has 1 aromatic heterocycles. The monoisotopic (exact) mass is 471 g/mol. The molecule has 1 N–H and O–H groups in total. The predicted octanol–water partition coefficient (Wildman–Crippen LogP) is 3.63. The van der Waals surface area contributed by atoms with Crippen molar-refractivity contribution in [1.29, 1.82) is 0 Å². The summed E-state index contributed by atoms with van der Waals surface area (Å²) in [5.74, 6) is 0.588. The van der Waals surface area contributed by atoms with Crippen LogP contribution in [0.2, 0.25) is 0 Å². The van der Waals surface area contributed by atoms with Gasteiger partial charge in [-0.3, -0.25) is 19.0 Å². The first kappa shape index (κ1) is 24.0. The number of nitrogens with zero attached hydrogens (tertiary/aromatic N) is 2. The lowest BCUT2D eigenvalue weighted by Gasteiger charge is -2.15. The van der Waals surface area contributed by atoms with E-state index < -0.39 is 11.1 Å². The Balaban J connectivity index is 1.50. The van der Waals surface area contributed by atoms with Crippen molar-refractivity contribution in [3.05, 3.63) is 110 Å². The van der Waals surface area contributed by atoms with E-state index in [4.69, 9.17) is 4.74 Å². The van der Waals surface area contributed by atoms with Gasteiger partial charge in [-0.25, -0.2) is 0 Å². The number of fused-ring (bicyclic) bond motifs is 1. The van der Waals surface area contributed by atoms with Crippen LogP contribution in [-0.2, 0) is 24.4 Å². The smallest absolute Gasteiger partial charge is 0.317 e. The molecule has 0 fully saturated rings. The zero-order chi connectivity index (χ0) is 24.8. The van der Waals surface area contributed by atoms with E-state index in [2.05, 4.69) is 5.32 Å². The van der Waals surface area contributed by atoms with Gasteiger partial charge >= 0.3 is 11.1 Å². The van der Waals surface area contributed by atoms with Gasteiger partial charge in [-0.15, -0.1) is 0 Å². The molecule has 0 aliphatic rings. The Morgan fingerprint density at radius 3 is 2.09 bits per heavy atom. The lowest BCUT2D eigenvalue weighted by atomic mass is 10.1. The first-order valence-electron chi connectivity index (χ1n) is 11.7. The van der Waals surface area contributed by atoms with E-state index in [9.17, 15) is 14.4 Å². The number of carbonyl (C=O) groups is 1. The molecule has 0 unspecified atom stereocenters. The molecule has 7 nitrogen and oxygen atoms in total. The van der Waals surface area contributed by atoms with Crippen LogP contribution < -0.4 is 21.2 Å². The minimum Gasteiger partial charge on any atom is -0.494 e. The zero-order valence-corrected chi connectivity index (χ0v) is 20.0. The molecule has 35 heavy (non-hydrogen) atoms. The molecule has 3 aromatic carbocycles. The van der Waals surface area contributed by atoms with Crippen LogP contribution in [0, 0.1) is 6.92 Å². The second-order valence-corrected chi connectivity index (χ2v) is 8.43. The molecule has 0 bridgehead atoms. The van der Waals surface area contributed by atoms with Gasteiger partial charge in [0.1, 0.15) is 5.75 Å². The molecule has 0 saturated heterocycles. The molecule has 180 valence electrons. The van der Waals surface area contributed by atoms with E-state index in [1.807, 2.05) is 80.6 Å². The molecule has 7 heteroatoms. The zero-order valence-electron chi connectivity index (χ0n) is 20.0. The van der Waals surface area contributed by atoms with Crippen LogP contribution in [0.3, 0.4) is 0 Å². The van der Waals surface area contributed by atoms with Crippen LogP contribution in [-0.4, -0.2) is 21.6 Å². The van der Waals surface area contributed by atoms with Crippen molar-refractivity contribution >= 4 is 16.9 Å². The number of para-hydroxylation sites is 2. The van der Waals surface area contributed by atoms with Gasteiger partial charge in [0.2, 0.25) is 5.91 Å². The SMILES string of the molecule is CCOc1ccc(CNC(=O)CCn2c(=O)c(=O)n(Cc3ccc(C)cc3)c3ccccc32)cc1. The third-order valence-corrected chi connectivity index (χ3v) is 5.88. The summed E-state index contributed by atoms with van der Waals surface area (Å²) in [7, 11) is 0. The minimum atomic E-state index is -0.630. The normalized spacial score (nSPS) is 10.9. The Bertz CT molecular complexity index is 1430. The topological polar surface area (TPSA) is 82.3 Å². The number of hydrogen-bond acceptors (Lipinski definition) is 4. The Hall–Kier alpha value is -4.13. The molecule has 0 saturated carbocycles. The van der Waals surface area contributed by atoms with Crippen LogP contribution in [0.4, 0.5) is 0 Å². The summed E-state index contributed by atoms with van der Waals surface area (Å²) in [5, 5.41) is 2.87. The van der Waals surface area contributed by atoms with E-state index >= 15 is 0 Å². The third-order valence-electron chi connectivity index (χ3n) is 5.88. The summed E-state index contributed by atoms with van der Waals surface area (Å²) < 4.78 is 8.34. The molecular weight excluding hydrogens is 442 g/mol. The largest absolute Gasteiger partial charge is 0.494 e. The van der Waals surface area contributed by atoms with Crippen molar-refractivity contribution in [1.82, 2.24) is 14.5 Å². The highest BCUT2D eigenvalue weighted by molar-refractivity contribution is 5.77. The molecule has 0 atom stereocenters. The van der Waals surface area contributed by atoms with Crippen molar-refractivity contribution in [2.45, 2.75) is 39.9 Å². The highest BCUT2D eigenvalue weighted by Gasteiger charge is 2.14. The van der Waals surface area contributed by atoms with Gasteiger partial charge in [-0.1, -0.05) is 54.1 Å². The van der Waals surface area contributed by atoms with Gasteiger partial charge in [0.05, 0.1) is 24.2 Å².